The lowest BCUT2D eigenvalue weighted by atomic mass is 10.1. The predicted octanol–water partition coefficient (Wildman–Crippen LogP) is -0.0975. The van der Waals surface area contributed by atoms with Crippen molar-refractivity contribution in [2.24, 2.45) is 5.92 Å². The van der Waals surface area contributed by atoms with Crippen LogP contribution in [0.25, 0.3) is 0 Å². The number of carbonyl (C=O) groups is 1. The molecular formula is C12H21N3O. The molecule has 0 spiro atoms. The molecule has 0 bridgehead atoms. The van der Waals surface area contributed by atoms with Gasteiger partial charge in [-0.2, -0.15) is 0 Å². The van der Waals surface area contributed by atoms with Crippen molar-refractivity contribution in [3.63, 3.8) is 0 Å². The highest BCUT2D eigenvalue weighted by Crippen LogP contribution is 2.32. The average Bonchev–Trinajstić information content (AvgIpc) is 3.06. The average molecular weight is 223 g/mol. The van der Waals surface area contributed by atoms with Crippen molar-refractivity contribution in [3.8, 4) is 0 Å². The molecule has 4 nitrogen and oxygen atoms in total. The van der Waals surface area contributed by atoms with Gasteiger partial charge in [-0.05, 0) is 18.8 Å². The molecule has 1 atom stereocenters. The predicted molar refractivity (Wildman–Crippen MR) is 62.2 cm³/mol. The lowest BCUT2D eigenvalue weighted by molar-refractivity contribution is -0.128. The van der Waals surface area contributed by atoms with Crippen LogP contribution in [-0.2, 0) is 4.79 Å². The minimum atomic E-state index is 0.405. The maximum absolute atomic E-state index is 11.8. The first-order valence-electron chi connectivity index (χ1n) is 6.55. The second kappa shape index (κ2) is 4.34. The Hall–Kier alpha value is -0.610. The standard InChI is InChI=1S/C12H21N3O/c16-12-7-10(9-15(12)11-1-2-11)8-14-5-3-13-4-6-14/h10-11,13H,1-9H2. The van der Waals surface area contributed by atoms with Crippen LogP contribution in [0.4, 0.5) is 0 Å². The molecule has 2 saturated heterocycles. The van der Waals surface area contributed by atoms with E-state index >= 15 is 0 Å². The molecule has 1 N–H and O–H groups in total. The molecule has 1 saturated carbocycles. The van der Waals surface area contributed by atoms with E-state index < -0.39 is 0 Å². The Labute approximate surface area is 97.0 Å². The Morgan fingerprint density at radius 1 is 1.25 bits per heavy atom. The molecule has 0 aromatic carbocycles. The molecule has 1 unspecified atom stereocenters. The summed E-state index contributed by atoms with van der Waals surface area (Å²) in [5, 5.41) is 3.37. The van der Waals surface area contributed by atoms with Gasteiger partial charge in [-0.1, -0.05) is 0 Å². The van der Waals surface area contributed by atoms with Crippen molar-refractivity contribution in [1.29, 1.82) is 0 Å². The number of nitrogens with one attached hydrogen (secondary N) is 1. The summed E-state index contributed by atoms with van der Waals surface area (Å²) in [5.41, 5.74) is 0. The zero-order valence-electron chi connectivity index (χ0n) is 9.82. The van der Waals surface area contributed by atoms with Crippen LogP contribution in [0.3, 0.4) is 0 Å². The zero-order valence-corrected chi connectivity index (χ0v) is 9.82. The highest BCUT2D eigenvalue weighted by atomic mass is 16.2. The molecule has 3 aliphatic rings. The Morgan fingerprint density at radius 3 is 2.69 bits per heavy atom. The number of nitrogens with zero attached hydrogens (tertiary/aromatic N) is 2. The van der Waals surface area contributed by atoms with Crippen LogP contribution in [-0.4, -0.2) is 61.0 Å². The fourth-order valence-electron chi connectivity index (χ4n) is 2.93. The van der Waals surface area contributed by atoms with Crippen LogP contribution in [0, 0.1) is 5.92 Å². The van der Waals surface area contributed by atoms with Gasteiger partial charge in [0.05, 0.1) is 0 Å². The third-order valence-corrected chi connectivity index (χ3v) is 3.95. The monoisotopic (exact) mass is 223 g/mol. The van der Waals surface area contributed by atoms with Gasteiger partial charge < -0.3 is 15.1 Å². The maximum atomic E-state index is 11.8. The Balaban J connectivity index is 1.50. The van der Waals surface area contributed by atoms with Crippen molar-refractivity contribution in [3.05, 3.63) is 0 Å². The van der Waals surface area contributed by atoms with Gasteiger partial charge in [0.25, 0.3) is 0 Å². The summed E-state index contributed by atoms with van der Waals surface area (Å²) in [5.74, 6) is 0.994. The minimum absolute atomic E-state index is 0.405. The van der Waals surface area contributed by atoms with Crippen molar-refractivity contribution in [2.45, 2.75) is 25.3 Å². The molecule has 0 aromatic rings. The lowest BCUT2D eigenvalue weighted by Gasteiger charge is -2.29. The van der Waals surface area contributed by atoms with Gasteiger partial charge in [-0.15, -0.1) is 0 Å². The van der Waals surface area contributed by atoms with E-state index in [9.17, 15) is 4.79 Å². The van der Waals surface area contributed by atoms with Gasteiger partial charge in [0.2, 0.25) is 5.91 Å². The summed E-state index contributed by atoms with van der Waals surface area (Å²) in [4.78, 5) is 16.4. The topological polar surface area (TPSA) is 35.6 Å². The number of carbonyl (C=O) groups excluding carboxylic acids is 1. The summed E-state index contributed by atoms with van der Waals surface area (Å²) >= 11 is 0. The van der Waals surface area contributed by atoms with Gasteiger partial charge in [-0.25, -0.2) is 0 Å². The summed E-state index contributed by atoms with van der Waals surface area (Å²) in [6.45, 7) is 6.65. The van der Waals surface area contributed by atoms with Gasteiger partial charge in [-0.3, -0.25) is 4.79 Å². The van der Waals surface area contributed by atoms with Crippen molar-refractivity contribution in [2.75, 3.05) is 39.3 Å². The summed E-state index contributed by atoms with van der Waals surface area (Å²) in [6, 6.07) is 0.612. The first-order valence-corrected chi connectivity index (χ1v) is 6.55. The number of amides is 1. The summed E-state index contributed by atoms with van der Waals surface area (Å²) in [6.07, 6.45) is 3.28. The van der Waals surface area contributed by atoms with Gasteiger partial charge >= 0.3 is 0 Å². The number of hydrogen-bond donors (Lipinski definition) is 1. The molecule has 4 heteroatoms. The number of piperazine rings is 1. The third kappa shape index (κ3) is 2.23. The molecule has 0 aromatic heterocycles. The molecule has 0 radical (unpaired) electrons. The van der Waals surface area contributed by atoms with Crippen LogP contribution in [0.2, 0.25) is 0 Å². The van der Waals surface area contributed by atoms with Gasteiger partial charge in [0.15, 0.2) is 0 Å². The largest absolute Gasteiger partial charge is 0.339 e. The van der Waals surface area contributed by atoms with E-state index in [4.69, 9.17) is 0 Å². The zero-order chi connectivity index (χ0) is 11.0. The Morgan fingerprint density at radius 2 is 2.00 bits per heavy atom. The van der Waals surface area contributed by atoms with E-state index in [0.717, 1.165) is 45.7 Å². The lowest BCUT2D eigenvalue weighted by Crippen LogP contribution is -2.45. The summed E-state index contributed by atoms with van der Waals surface area (Å²) < 4.78 is 0. The van der Waals surface area contributed by atoms with E-state index in [-0.39, 0.29) is 0 Å². The molecular weight excluding hydrogens is 202 g/mol. The van der Waals surface area contributed by atoms with E-state index in [1.807, 2.05) is 0 Å². The van der Waals surface area contributed by atoms with E-state index in [2.05, 4.69) is 15.1 Å². The van der Waals surface area contributed by atoms with E-state index in [1.165, 1.54) is 12.8 Å². The second-order valence-electron chi connectivity index (χ2n) is 5.40. The Kier molecular flexibility index (Phi) is 2.86. The minimum Gasteiger partial charge on any atom is -0.339 e. The van der Waals surface area contributed by atoms with Crippen molar-refractivity contribution >= 4 is 5.91 Å². The fraction of sp³-hybridized carbons (Fsp3) is 0.917. The normalized spacial score (nSPS) is 32.4. The van der Waals surface area contributed by atoms with Gasteiger partial charge in [0, 0.05) is 51.7 Å². The molecule has 3 rings (SSSR count). The molecule has 3 fully saturated rings. The molecule has 90 valence electrons. The molecule has 1 aliphatic carbocycles. The van der Waals surface area contributed by atoms with Crippen LogP contribution in [0.15, 0.2) is 0 Å². The highest BCUT2D eigenvalue weighted by Gasteiger charge is 2.39. The maximum Gasteiger partial charge on any atom is 0.223 e. The number of rotatable bonds is 3. The van der Waals surface area contributed by atoms with E-state index in [0.29, 0.717) is 17.9 Å². The third-order valence-electron chi connectivity index (χ3n) is 3.95. The van der Waals surface area contributed by atoms with Crippen molar-refractivity contribution < 1.29 is 4.79 Å². The summed E-state index contributed by atoms with van der Waals surface area (Å²) in [7, 11) is 0. The number of hydrogen-bond acceptors (Lipinski definition) is 3. The smallest absolute Gasteiger partial charge is 0.223 e. The van der Waals surface area contributed by atoms with E-state index in [1.54, 1.807) is 0 Å². The first-order chi connectivity index (χ1) is 7.83. The molecule has 1 amide bonds. The van der Waals surface area contributed by atoms with Crippen molar-refractivity contribution in [1.82, 2.24) is 15.1 Å². The van der Waals surface area contributed by atoms with Crippen LogP contribution >= 0.6 is 0 Å². The number of likely N-dealkylation sites (tertiary alicyclic amines) is 1. The van der Waals surface area contributed by atoms with Crippen LogP contribution < -0.4 is 5.32 Å². The molecule has 2 heterocycles. The quantitative estimate of drug-likeness (QED) is 0.726. The van der Waals surface area contributed by atoms with Gasteiger partial charge in [0.1, 0.15) is 0 Å². The molecule has 16 heavy (non-hydrogen) atoms. The SMILES string of the molecule is O=C1CC(CN2CCNCC2)CN1C1CC1. The second-order valence-corrected chi connectivity index (χ2v) is 5.40. The van der Waals surface area contributed by atoms with Crippen LogP contribution in [0.5, 0.6) is 0 Å². The first kappa shape index (κ1) is 10.5. The Bertz CT molecular complexity index is 271. The highest BCUT2D eigenvalue weighted by molar-refractivity contribution is 5.79. The van der Waals surface area contributed by atoms with Crippen LogP contribution in [0.1, 0.15) is 19.3 Å². The fourth-order valence-corrected chi connectivity index (χ4v) is 2.93. The molecule has 2 aliphatic heterocycles.